The number of hydrogen-bond donors (Lipinski definition) is 2. The second-order valence-corrected chi connectivity index (χ2v) is 16.5. The van der Waals surface area contributed by atoms with Crippen molar-refractivity contribution in [1.82, 2.24) is 0 Å². The van der Waals surface area contributed by atoms with Gasteiger partial charge in [-0.2, -0.15) is 0 Å². The molecule has 13 unspecified atom stereocenters. The summed E-state index contributed by atoms with van der Waals surface area (Å²) in [5.74, 6) is -2.65. The summed E-state index contributed by atoms with van der Waals surface area (Å²) in [6.45, 7) is 6.03. The third kappa shape index (κ3) is 4.38. The molecule has 2 aromatic carbocycles. The molecule has 10 rings (SSSR count). The summed E-state index contributed by atoms with van der Waals surface area (Å²) in [6.07, 6.45) is 0.880. The number of fused-ring (bicyclic) bond motifs is 2. The number of benzene rings is 2. The van der Waals surface area contributed by atoms with E-state index in [4.69, 9.17) is 34.2 Å². The zero-order valence-corrected chi connectivity index (χ0v) is 29.7. The molecular formula is C41H47NO10. The molecule has 4 saturated heterocycles. The van der Waals surface area contributed by atoms with Crippen LogP contribution in [0.2, 0.25) is 0 Å². The summed E-state index contributed by atoms with van der Waals surface area (Å²) in [5, 5.41) is 11.6. The molecular weight excluding hydrogens is 666 g/mol. The molecule has 4 aliphatic heterocycles. The minimum atomic E-state index is -1.89. The lowest BCUT2D eigenvalue weighted by molar-refractivity contribution is -0.448. The maximum absolute atomic E-state index is 15.8. The Kier molecular flexibility index (Phi) is 7.94. The zero-order valence-electron chi connectivity index (χ0n) is 29.7. The third-order valence-corrected chi connectivity index (χ3v) is 13.9. The maximum atomic E-state index is 15.8. The Morgan fingerprint density at radius 2 is 1.69 bits per heavy atom. The summed E-state index contributed by atoms with van der Waals surface area (Å²) >= 11 is 0. The normalized spacial score (nSPS) is 43.3. The average Bonchev–Trinajstić information content (AvgIpc) is 3.88. The summed E-state index contributed by atoms with van der Waals surface area (Å²) < 4.78 is 37.6. The highest BCUT2D eigenvalue weighted by Gasteiger charge is 2.85. The number of nitrogens with two attached hydrogens (primary N) is 1. The molecule has 13 atom stereocenters. The SMILES string of the molecule is CC(C)C1=CC2CC3(C=O)C4CCC(C)C4CC2(COC24OC5OC(C(OCC(N)=O)C5O2)C4O)C13C(=O)OC(c1ccccc1)c1ccccc1. The van der Waals surface area contributed by atoms with E-state index >= 15 is 4.79 Å². The second-order valence-electron chi connectivity index (χ2n) is 16.5. The Morgan fingerprint density at radius 1 is 1.00 bits per heavy atom. The number of allylic oxidation sites excluding steroid dienone is 1. The highest BCUT2D eigenvalue weighted by Crippen LogP contribution is 2.83. The van der Waals surface area contributed by atoms with Gasteiger partial charge in [-0.1, -0.05) is 99.5 Å². The number of aliphatic hydroxyl groups excluding tert-OH is 1. The molecule has 8 aliphatic rings. The predicted octanol–water partition coefficient (Wildman–Crippen LogP) is 4.21. The number of amides is 1. The number of hydrogen-bond acceptors (Lipinski definition) is 10. The third-order valence-electron chi connectivity index (χ3n) is 13.9. The molecule has 3 saturated carbocycles. The Hall–Kier alpha value is -3.45. The molecule has 4 aliphatic carbocycles. The lowest BCUT2D eigenvalue weighted by Gasteiger charge is -2.59. The number of aldehydes is 1. The van der Waals surface area contributed by atoms with E-state index in [9.17, 15) is 14.7 Å². The average molecular weight is 714 g/mol. The van der Waals surface area contributed by atoms with Crippen LogP contribution >= 0.6 is 0 Å². The highest BCUT2D eigenvalue weighted by molar-refractivity contribution is 5.92. The van der Waals surface area contributed by atoms with Gasteiger partial charge in [-0.25, -0.2) is 0 Å². The van der Waals surface area contributed by atoms with Crippen LogP contribution in [0.1, 0.15) is 63.7 Å². The van der Waals surface area contributed by atoms with Crippen LogP contribution in [0, 0.1) is 45.8 Å². The Bertz CT molecular complexity index is 1750. The molecule has 0 radical (unpaired) electrons. The van der Waals surface area contributed by atoms with Gasteiger partial charge in [-0.15, -0.1) is 0 Å². The van der Waals surface area contributed by atoms with Crippen LogP contribution in [-0.4, -0.2) is 73.2 Å². The van der Waals surface area contributed by atoms with Crippen molar-refractivity contribution in [3.05, 3.63) is 83.4 Å². The lowest BCUT2D eigenvalue weighted by atomic mass is 9.43. The van der Waals surface area contributed by atoms with E-state index in [1.54, 1.807) is 0 Å². The van der Waals surface area contributed by atoms with Crippen LogP contribution in [0.5, 0.6) is 0 Å². The second kappa shape index (κ2) is 12.0. The zero-order chi connectivity index (χ0) is 36.2. The number of aliphatic hydroxyl groups is 1. The summed E-state index contributed by atoms with van der Waals surface area (Å²) in [4.78, 5) is 41.4. The lowest BCUT2D eigenvalue weighted by Crippen LogP contribution is -2.66. The molecule has 7 fully saturated rings. The van der Waals surface area contributed by atoms with E-state index < -0.39 is 70.9 Å². The van der Waals surface area contributed by atoms with Crippen LogP contribution in [0.4, 0.5) is 0 Å². The molecule has 0 aromatic heterocycles. The van der Waals surface area contributed by atoms with Gasteiger partial charge in [0.15, 0.2) is 18.5 Å². The fourth-order valence-corrected chi connectivity index (χ4v) is 12.0. The fourth-order valence-electron chi connectivity index (χ4n) is 12.0. The van der Waals surface area contributed by atoms with Crippen molar-refractivity contribution in [2.75, 3.05) is 13.2 Å². The van der Waals surface area contributed by atoms with Crippen molar-refractivity contribution in [2.24, 2.45) is 51.6 Å². The van der Waals surface area contributed by atoms with Gasteiger partial charge in [0.25, 0.3) is 0 Å². The van der Waals surface area contributed by atoms with Gasteiger partial charge in [0.1, 0.15) is 36.6 Å². The first-order valence-electron chi connectivity index (χ1n) is 18.7. The van der Waals surface area contributed by atoms with Crippen molar-refractivity contribution in [1.29, 1.82) is 0 Å². The van der Waals surface area contributed by atoms with E-state index in [0.717, 1.165) is 35.8 Å². The Labute approximate surface area is 303 Å². The first-order valence-corrected chi connectivity index (χ1v) is 18.7. The summed E-state index contributed by atoms with van der Waals surface area (Å²) in [6, 6.07) is 19.4. The van der Waals surface area contributed by atoms with Crippen LogP contribution in [0.3, 0.4) is 0 Å². The van der Waals surface area contributed by atoms with E-state index in [1.165, 1.54) is 0 Å². The van der Waals surface area contributed by atoms with E-state index in [0.29, 0.717) is 18.8 Å². The monoisotopic (exact) mass is 713 g/mol. The minimum Gasteiger partial charge on any atom is -0.452 e. The van der Waals surface area contributed by atoms with E-state index in [2.05, 4.69) is 26.8 Å². The van der Waals surface area contributed by atoms with Crippen LogP contribution in [0.25, 0.3) is 0 Å². The molecule has 3 N–H and O–H groups in total. The Balaban J connectivity index is 1.14. The van der Waals surface area contributed by atoms with Crippen molar-refractivity contribution in [3.63, 3.8) is 0 Å². The topological polar surface area (TPSA) is 153 Å². The number of rotatable bonds is 12. The number of carbonyl (C=O) groups excluding carboxylic acids is 3. The van der Waals surface area contributed by atoms with Crippen molar-refractivity contribution >= 4 is 18.2 Å². The molecule has 276 valence electrons. The minimum absolute atomic E-state index is 0.00558. The number of primary amides is 1. The quantitative estimate of drug-likeness (QED) is 0.186. The van der Waals surface area contributed by atoms with Gasteiger partial charge in [0.05, 0.1) is 12.0 Å². The van der Waals surface area contributed by atoms with Gasteiger partial charge >= 0.3 is 11.9 Å². The first-order chi connectivity index (χ1) is 25.0. The van der Waals surface area contributed by atoms with Crippen molar-refractivity contribution in [2.45, 2.75) is 89.2 Å². The maximum Gasteiger partial charge on any atom is 0.318 e. The molecule has 1 amide bonds. The smallest absolute Gasteiger partial charge is 0.318 e. The molecule has 11 nitrogen and oxygen atoms in total. The molecule has 52 heavy (non-hydrogen) atoms. The van der Waals surface area contributed by atoms with E-state index in [-0.39, 0.29) is 36.9 Å². The largest absolute Gasteiger partial charge is 0.452 e. The molecule has 11 heteroatoms. The molecule has 8 bridgehead atoms. The highest BCUT2D eigenvalue weighted by atomic mass is 17.0. The molecule has 4 heterocycles. The summed E-state index contributed by atoms with van der Waals surface area (Å²) in [5.41, 5.74) is 4.66. The van der Waals surface area contributed by atoms with Gasteiger partial charge in [0, 0.05) is 5.41 Å². The van der Waals surface area contributed by atoms with Crippen LogP contribution in [0.15, 0.2) is 72.3 Å². The molecule has 0 spiro atoms. The summed E-state index contributed by atoms with van der Waals surface area (Å²) in [7, 11) is 0. The van der Waals surface area contributed by atoms with Crippen LogP contribution < -0.4 is 5.73 Å². The standard InChI is InChI=1S/C41H47NO10/c1-22(2)29-16-26-17-38(20-43)28-15-14-23(3)27(28)18-39(26,21-48-41-35(45)33-32(47-19-30(42)44)34(51-41)36(49-33)52-41)40(29,38)37(46)50-31(24-10-6-4-7-11-24)25-12-8-5-9-13-25/h4-13,16,20,22-23,26-28,31-36,45H,14-15,17-19,21H2,1-3H3,(H2,42,44). The number of carbonyl (C=O) groups is 3. The van der Waals surface area contributed by atoms with Crippen LogP contribution in [-0.2, 0) is 42.8 Å². The van der Waals surface area contributed by atoms with Gasteiger partial charge in [-0.05, 0) is 60.0 Å². The van der Waals surface area contributed by atoms with Crippen molar-refractivity contribution in [3.8, 4) is 0 Å². The number of esters is 1. The molecule has 2 aromatic rings. The number of ether oxygens (including phenoxy) is 6. The fraction of sp³-hybridized carbons (Fsp3) is 0.585. The van der Waals surface area contributed by atoms with Gasteiger partial charge in [0.2, 0.25) is 5.91 Å². The van der Waals surface area contributed by atoms with Crippen molar-refractivity contribution < 1.29 is 47.9 Å². The Morgan fingerprint density at radius 3 is 2.33 bits per heavy atom. The van der Waals surface area contributed by atoms with Gasteiger partial charge in [-0.3, -0.25) is 14.3 Å². The first kappa shape index (κ1) is 34.3. The predicted molar refractivity (Wildman–Crippen MR) is 183 cm³/mol. The van der Waals surface area contributed by atoms with E-state index in [1.807, 2.05) is 60.7 Å². The van der Waals surface area contributed by atoms with Gasteiger partial charge < -0.3 is 39.3 Å².